The van der Waals surface area contributed by atoms with Crippen molar-refractivity contribution in [3.63, 3.8) is 0 Å². The molecule has 0 fully saturated rings. The summed E-state index contributed by atoms with van der Waals surface area (Å²) in [6.07, 6.45) is 4.81. The van der Waals surface area contributed by atoms with Crippen LogP contribution in [0.2, 0.25) is 0 Å². The van der Waals surface area contributed by atoms with Gasteiger partial charge in [-0.2, -0.15) is 0 Å². The van der Waals surface area contributed by atoms with E-state index in [2.05, 4.69) is 0 Å². The second-order valence-electron chi connectivity index (χ2n) is 5.74. The van der Waals surface area contributed by atoms with Crippen LogP contribution in [0.15, 0.2) is 47.5 Å². The number of hydrogen-bond acceptors (Lipinski definition) is 2. The number of hydrogen-bond donors (Lipinski definition) is 1. The quantitative estimate of drug-likeness (QED) is 0.859. The molecule has 0 spiro atoms. The van der Waals surface area contributed by atoms with Crippen LogP contribution in [0.5, 0.6) is 0 Å². The van der Waals surface area contributed by atoms with Gasteiger partial charge in [-0.05, 0) is 23.6 Å². The number of halogens is 2. The Kier molecular flexibility index (Phi) is 3.31. The standard InChI is InChI=1S/C16H13BF2N2O2S/c18-17(19)20-11(6-8-16(22)23)3-4-12(20)10-13-5-7-14(21(13)17)15-2-1-9-24-15/h1-5,7,9-10H,6,8H2,(H,22,23). The SMILES string of the molecule is O=C(O)CCC1=[N+]2C(=Cc3ccc(-c4cccs4)n3[B-]2(F)F)C=C1. The van der Waals surface area contributed by atoms with Gasteiger partial charge in [-0.15, -0.1) is 11.3 Å². The molecule has 24 heavy (non-hydrogen) atoms. The molecule has 0 saturated carbocycles. The van der Waals surface area contributed by atoms with E-state index in [0.29, 0.717) is 22.8 Å². The molecule has 0 amide bonds. The minimum Gasteiger partial charge on any atom is -0.481 e. The zero-order valence-electron chi connectivity index (χ0n) is 12.5. The van der Waals surface area contributed by atoms with Gasteiger partial charge in [0.05, 0.1) is 6.42 Å². The number of carboxylic acid groups (broad SMARTS) is 1. The molecule has 2 aromatic rings. The highest BCUT2D eigenvalue weighted by Crippen LogP contribution is 2.37. The zero-order chi connectivity index (χ0) is 16.9. The van der Waals surface area contributed by atoms with Crippen molar-refractivity contribution in [1.82, 2.24) is 4.48 Å². The van der Waals surface area contributed by atoms with Gasteiger partial charge in [0.1, 0.15) is 5.71 Å². The van der Waals surface area contributed by atoms with E-state index in [1.165, 1.54) is 11.3 Å². The third-order valence-corrected chi connectivity index (χ3v) is 5.16. The molecule has 2 aromatic heterocycles. The van der Waals surface area contributed by atoms with Crippen molar-refractivity contribution < 1.29 is 23.0 Å². The minimum atomic E-state index is -4.07. The Labute approximate surface area is 140 Å². The smallest absolute Gasteiger partial charge is 0.481 e. The summed E-state index contributed by atoms with van der Waals surface area (Å²) in [5.74, 6) is -0.998. The highest BCUT2D eigenvalue weighted by atomic mass is 32.1. The first-order valence-electron chi connectivity index (χ1n) is 7.53. The molecule has 1 N–H and O–H groups in total. The molecule has 2 aliphatic rings. The van der Waals surface area contributed by atoms with Crippen molar-refractivity contribution in [3.8, 4) is 10.6 Å². The molecule has 0 atom stereocenters. The van der Waals surface area contributed by atoms with Crippen LogP contribution in [0.1, 0.15) is 18.5 Å². The number of allylic oxidation sites excluding steroid dienone is 2. The summed E-state index contributed by atoms with van der Waals surface area (Å²) in [6, 6.07) is 7.04. The molecule has 4 nitrogen and oxygen atoms in total. The van der Waals surface area contributed by atoms with Gasteiger partial charge in [0.2, 0.25) is 0 Å². The van der Waals surface area contributed by atoms with Crippen molar-refractivity contribution in [2.24, 2.45) is 0 Å². The maximum atomic E-state index is 15.3. The molecular weight excluding hydrogens is 333 g/mol. The van der Waals surface area contributed by atoms with E-state index in [-0.39, 0.29) is 12.8 Å². The first kappa shape index (κ1) is 15.1. The summed E-state index contributed by atoms with van der Waals surface area (Å²) in [5.41, 5.74) is 1.68. The van der Waals surface area contributed by atoms with E-state index in [4.69, 9.17) is 5.11 Å². The van der Waals surface area contributed by atoms with Crippen molar-refractivity contribution >= 4 is 36.1 Å². The number of carbonyl (C=O) groups is 1. The summed E-state index contributed by atoms with van der Waals surface area (Å²) in [7, 11) is 0. The summed E-state index contributed by atoms with van der Waals surface area (Å²) in [5, 5.41) is 10.7. The second-order valence-corrected chi connectivity index (χ2v) is 6.68. The maximum absolute atomic E-state index is 15.3. The lowest BCUT2D eigenvalue weighted by atomic mass is 9.90. The molecule has 4 rings (SSSR count). The van der Waals surface area contributed by atoms with Crippen molar-refractivity contribution in [2.75, 3.05) is 0 Å². The van der Waals surface area contributed by atoms with Crippen molar-refractivity contribution in [2.45, 2.75) is 12.8 Å². The Hall–Kier alpha value is -2.48. The number of thiophene rings is 1. The molecule has 0 bridgehead atoms. The predicted molar refractivity (Wildman–Crippen MR) is 90.4 cm³/mol. The van der Waals surface area contributed by atoms with Crippen LogP contribution in [0.4, 0.5) is 8.63 Å². The molecule has 0 aromatic carbocycles. The van der Waals surface area contributed by atoms with E-state index in [0.717, 1.165) is 13.8 Å². The third-order valence-electron chi connectivity index (χ3n) is 4.27. The number of nitrogens with zero attached hydrogens (tertiary/aromatic N) is 2. The summed E-state index contributed by atoms with van der Waals surface area (Å²) in [4.78, 5) is 11.6. The number of carboxylic acids is 1. The third kappa shape index (κ3) is 2.17. The van der Waals surface area contributed by atoms with E-state index in [9.17, 15) is 4.79 Å². The molecule has 4 heterocycles. The van der Waals surface area contributed by atoms with E-state index in [1.807, 2.05) is 17.5 Å². The maximum Gasteiger partial charge on any atom is 0.737 e. The van der Waals surface area contributed by atoms with E-state index in [1.54, 1.807) is 30.4 Å². The van der Waals surface area contributed by atoms with Crippen LogP contribution < -0.4 is 0 Å². The molecule has 0 radical (unpaired) electrons. The molecule has 8 heteroatoms. The fourth-order valence-corrected chi connectivity index (χ4v) is 4.01. The summed E-state index contributed by atoms with van der Waals surface area (Å²) >= 11 is 1.41. The number of rotatable bonds is 4. The highest BCUT2D eigenvalue weighted by molar-refractivity contribution is 7.13. The molecule has 2 aliphatic heterocycles. The molecule has 122 valence electrons. The molecule has 0 aliphatic carbocycles. The van der Waals surface area contributed by atoms with Crippen LogP contribution >= 0.6 is 11.3 Å². The van der Waals surface area contributed by atoms with Gasteiger partial charge in [-0.1, -0.05) is 6.07 Å². The second kappa shape index (κ2) is 5.27. The predicted octanol–water partition coefficient (Wildman–Crippen LogP) is 3.68. The van der Waals surface area contributed by atoms with Crippen molar-refractivity contribution in [3.05, 3.63) is 53.2 Å². The van der Waals surface area contributed by atoms with Gasteiger partial charge in [0.25, 0.3) is 0 Å². The Morgan fingerprint density at radius 1 is 1.29 bits per heavy atom. The summed E-state index contributed by atoms with van der Waals surface area (Å²) < 4.78 is 32.7. The largest absolute Gasteiger partial charge is 0.737 e. The van der Waals surface area contributed by atoms with Gasteiger partial charge >= 0.3 is 12.9 Å². The number of aromatic nitrogens is 1. The normalized spacial score (nSPS) is 17.7. The lowest BCUT2D eigenvalue weighted by molar-refractivity contribution is -0.362. The molecule has 0 unspecified atom stereocenters. The van der Waals surface area contributed by atoms with E-state index >= 15 is 8.63 Å². The van der Waals surface area contributed by atoms with Crippen LogP contribution in [0.3, 0.4) is 0 Å². The van der Waals surface area contributed by atoms with Crippen LogP contribution in [-0.4, -0.2) is 32.7 Å². The first-order chi connectivity index (χ1) is 11.5. The first-order valence-corrected chi connectivity index (χ1v) is 8.41. The number of aliphatic carboxylic acids is 1. The lowest BCUT2D eigenvalue weighted by Gasteiger charge is -2.30. The average molecular weight is 346 g/mol. The molecular formula is C16H13BF2N2O2S. The van der Waals surface area contributed by atoms with E-state index < -0.39 is 12.9 Å². The monoisotopic (exact) mass is 346 g/mol. The lowest BCUT2D eigenvalue weighted by Crippen LogP contribution is -2.50. The van der Waals surface area contributed by atoms with Gasteiger partial charge in [0.15, 0.2) is 5.70 Å². The fourth-order valence-electron chi connectivity index (χ4n) is 3.26. The zero-order valence-corrected chi connectivity index (χ0v) is 13.3. The van der Waals surface area contributed by atoms with Gasteiger partial charge < -0.3 is 22.7 Å². The Balaban J connectivity index is 1.86. The average Bonchev–Trinajstić information content (AvgIpc) is 3.24. The van der Waals surface area contributed by atoms with Gasteiger partial charge in [-0.25, -0.2) is 0 Å². The highest BCUT2D eigenvalue weighted by Gasteiger charge is 2.52. The summed E-state index contributed by atoms with van der Waals surface area (Å²) in [6.45, 7) is -4.07. The van der Waals surface area contributed by atoms with Gasteiger partial charge in [-0.3, -0.25) is 4.79 Å². The van der Waals surface area contributed by atoms with Crippen molar-refractivity contribution in [1.29, 1.82) is 0 Å². The Morgan fingerprint density at radius 2 is 2.12 bits per heavy atom. The van der Waals surface area contributed by atoms with Crippen LogP contribution in [0, 0.1) is 0 Å². The minimum absolute atomic E-state index is 0.0749. The topological polar surface area (TPSA) is 45.2 Å². The molecule has 0 saturated heterocycles. The Morgan fingerprint density at radius 3 is 2.83 bits per heavy atom. The Bertz CT molecular complexity index is 926. The van der Waals surface area contributed by atoms with Gasteiger partial charge in [0, 0.05) is 40.9 Å². The fraction of sp³-hybridized carbons (Fsp3) is 0.125. The van der Waals surface area contributed by atoms with Crippen LogP contribution in [-0.2, 0) is 4.79 Å². The van der Waals surface area contributed by atoms with Crippen LogP contribution in [0.25, 0.3) is 16.6 Å². The number of fused-ring (bicyclic) bond motifs is 2.